The molecule has 3 rings (SSSR count). The summed E-state index contributed by atoms with van der Waals surface area (Å²) < 4.78 is 13.8. The van der Waals surface area contributed by atoms with E-state index in [2.05, 4.69) is 4.98 Å². The number of aromatic nitrogens is 1. The lowest BCUT2D eigenvalue weighted by Crippen LogP contribution is -2.51. The molecule has 0 amide bonds. The normalized spacial score (nSPS) is 15.5. The van der Waals surface area contributed by atoms with Crippen LogP contribution in [0.15, 0.2) is 60.4 Å². The molecule has 0 spiro atoms. The van der Waals surface area contributed by atoms with Gasteiger partial charge >= 0.3 is 0 Å². The molecule has 5 heteroatoms. The molecular weight excluding hydrogens is 367 g/mol. The third-order valence-corrected chi connectivity index (χ3v) is 5.88. The molecule has 2 aromatic carbocycles. The molecule has 0 saturated carbocycles. The number of nitrogens with one attached hydrogen (secondary N) is 1. The molecule has 3 aromatic rings. The number of aliphatic hydroxyl groups excluding tert-OH is 1. The van der Waals surface area contributed by atoms with E-state index in [0.717, 1.165) is 34.0 Å². The number of hydrogen-bond donors (Lipinski definition) is 3. The van der Waals surface area contributed by atoms with E-state index in [0.29, 0.717) is 0 Å². The highest BCUT2D eigenvalue weighted by molar-refractivity contribution is 6.04. The zero-order valence-corrected chi connectivity index (χ0v) is 17.2. The Morgan fingerprint density at radius 2 is 1.86 bits per heavy atom. The van der Waals surface area contributed by atoms with Crippen molar-refractivity contribution in [2.24, 2.45) is 11.7 Å². The number of aliphatic hydroxyl groups is 1. The third-order valence-electron chi connectivity index (χ3n) is 5.88. The zero-order chi connectivity index (χ0) is 21.3. The average Bonchev–Trinajstić information content (AvgIpc) is 3.01. The number of benzene rings is 2. The Labute approximate surface area is 170 Å². The molecular formula is C24H27FN2O2. The van der Waals surface area contributed by atoms with Crippen molar-refractivity contribution >= 4 is 16.7 Å². The van der Waals surface area contributed by atoms with Crippen LogP contribution in [-0.4, -0.2) is 21.4 Å². The first-order valence-corrected chi connectivity index (χ1v) is 9.69. The van der Waals surface area contributed by atoms with Gasteiger partial charge in [-0.3, -0.25) is 4.79 Å². The number of halogens is 1. The minimum absolute atomic E-state index is 0.126. The standard InChI is InChI=1S/C24H27FN2O2/c1-14(2)24(4,26)23(29)19(13-28)21(16-8-6-5-7-9-16)22-15(3)18-12-17(25)10-11-20(18)27-22/h5-14,21,27-28H,26H2,1-4H3/t21?,24-/m1/s1. The van der Waals surface area contributed by atoms with E-state index < -0.39 is 11.5 Å². The van der Waals surface area contributed by atoms with Crippen molar-refractivity contribution in [3.63, 3.8) is 0 Å². The number of aryl methyl sites for hydroxylation is 1. The predicted octanol–water partition coefficient (Wildman–Crippen LogP) is 5.13. The Kier molecular flexibility index (Phi) is 5.62. The maximum atomic E-state index is 13.8. The average molecular weight is 394 g/mol. The first-order chi connectivity index (χ1) is 13.7. The van der Waals surface area contributed by atoms with Crippen LogP contribution in [0.5, 0.6) is 0 Å². The molecule has 29 heavy (non-hydrogen) atoms. The van der Waals surface area contributed by atoms with Gasteiger partial charge in [0.1, 0.15) is 5.82 Å². The van der Waals surface area contributed by atoms with Gasteiger partial charge < -0.3 is 15.8 Å². The minimum Gasteiger partial charge on any atom is -0.515 e. The molecule has 1 aromatic heterocycles. The number of H-pyrrole nitrogens is 1. The zero-order valence-electron chi connectivity index (χ0n) is 17.2. The number of ketones is 1. The van der Waals surface area contributed by atoms with Crippen LogP contribution in [0.4, 0.5) is 4.39 Å². The summed E-state index contributed by atoms with van der Waals surface area (Å²) in [5, 5.41) is 10.9. The largest absolute Gasteiger partial charge is 0.515 e. The maximum absolute atomic E-state index is 13.8. The number of fused-ring (bicyclic) bond motifs is 1. The van der Waals surface area contributed by atoms with Crippen molar-refractivity contribution in [1.29, 1.82) is 0 Å². The van der Waals surface area contributed by atoms with Crippen molar-refractivity contribution in [3.8, 4) is 0 Å². The van der Waals surface area contributed by atoms with Crippen molar-refractivity contribution in [1.82, 2.24) is 4.98 Å². The van der Waals surface area contributed by atoms with E-state index in [9.17, 15) is 14.3 Å². The highest BCUT2D eigenvalue weighted by Crippen LogP contribution is 2.38. The summed E-state index contributed by atoms with van der Waals surface area (Å²) in [6.45, 7) is 7.31. The maximum Gasteiger partial charge on any atom is 0.182 e. The van der Waals surface area contributed by atoms with E-state index in [1.54, 1.807) is 13.0 Å². The van der Waals surface area contributed by atoms with Crippen LogP contribution in [0.3, 0.4) is 0 Å². The Morgan fingerprint density at radius 1 is 1.21 bits per heavy atom. The summed E-state index contributed by atoms with van der Waals surface area (Å²) in [4.78, 5) is 16.7. The highest BCUT2D eigenvalue weighted by Gasteiger charge is 2.38. The molecule has 1 heterocycles. The first kappa shape index (κ1) is 20.8. The molecule has 0 aliphatic carbocycles. The van der Waals surface area contributed by atoms with E-state index in [1.807, 2.05) is 51.1 Å². The third kappa shape index (κ3) is 3.70. The summed E-state index contributed by atoms with van der Waals surface area (Å²) in [6.07, 6.45) is 0.860. The number of hydrogen-bond acceptors (Lipinski definition) is 3. The fourth-order valence-electron chi connectivity index (χ4n) is 3.59. The van der Waals surface area contributed by atoms with Gasteiger partial charge in [-0.1, -0.05) is 44.2 Å². The van der Waals surface area contributed by atoms with Gasteiger partial charge in [0.25, 0.3) is 0 Å². The van der Waals surface area contributed by atoms with Gasteiger partial charge in [-0.25, -0.2) is 4.39 Å². The summed E-state index contributed by atoms with van der Waals surface area (Å²) in [5.74, 6) is -1.34. The van der Waals surface area contributed by atoms with Gasteiger partial charge in [0.15, 0.2) is 5.78 Å². The van der Waals surface area contributed by atoms with E-state index in [1.165, 1.54) is 12.1 Å². The Morgan fingerprint density at radius 3 is 2.45 bits per heavy atom. The lowest BCUT2D eigenvalue weighted by atomic mass is 9.76. The van der Waals surface area contributed by atoms with Gasteiger partial charge in [-0.15, -0.1) is 0 Å². The van der Waals surface area contributed by atoms with Crippen LogP contribution in [0.2, 0.25) is 0 Å². The molecule has 4 N–H and O–H groups in total. The number of carbonyl (C=O) groups is 1. The van der Waals surface area contributed by atoms with E-state index in [-0.39, 0.29) is 23.1 Å². The molecule has 152 valence electrons. The smallest absolute Gasteiger partial charge is 0.182 e. The van der Waals surface area contributed by atoms with Gasteiger partial charge in [-0.2, -0.15) is 0 Å². The molecule has 2 atom stereocenters. The molecule has 0 radical (unpaired) electrons. The Bertz CT molecular complexity index is 1070. The summed E-state index contributed by atoms with van der Waals surface area (Å²) in [6, 6.07) is 14.0. The molecule has 4 nitrogen and oxygen atoms in total. The highest BCUT2D eigenvalue weighted by atomic mass is 19.1. The number of rotatable bonds is 6. The van der Waals surface area contributed by atoms with Crippen LogP contribution >= 0.6 is 0 Å². The minimum atomic E-state index is -1.15. The molecule has 0 bridgehead atoms. The second kappa shape index (κ2) is 7.84. The van der Waals surface area contributed by atoms with E-state index >= 15 is 0 Å². The summed E-state index contributed by atoms with van der Waals surface area (Å²) >= 11 is 0. The second-order valence-electron chi connectivity index (χ2n) is 8.05. The van der Waals surface area contributed by atoms with Gasteiger partial charge in [-0.05, 0) is 49.1 Å². The monoisotopic (exact) mass is 394 g/mol. The van der Waals surface area contributed by atoms with Crippen LogP contribution in [0.25, 0.3) is 10.9 Å². The summed E-state index contributed by atoms with van der Waals surface area (Å²) in [7, 11) is 0. The van der Waals surface area contributed by atoms with Crippen LogP contribution < -0.4 is 5.73 Å². The fourth-order valence-corrected chi connectivity index (χ4v) is 3.59. The van der Waals surface area contributed by atoms with Gasteiger partial charge in [0, 0.05) is 22.2 Å². The van der Waals surface area contributed by atoms with Crippen molar-refractivity contribution in [2.75, 3.05) is 0 Å². The fraction of sp³-hybridized carbons (Fsp3) is 0.292. The lowest BCUT2D eigenvalue weighted by molar-refractivity contribution is -0.121. The van der Waals surface area contributed by atoms with Crippen LogP contribution in [0.1, 0.15) is 43.5 Å². The Hall–Kier alpha value is -2.92. The first-order valence-electron chi connectivity index (χ1n) is 9.69. The molecule has 0 aliphatic rings. The van der Waals surface area contributed by atoms with E-state index in [4.69, 9.17) is 5.73 Å². The van der Waals surface area contributed by atoms with Crippen molar-refractivity contribution in [3.05, 3.63) is 83.0 Å². The SMILES string of the molecule is Cc1c(C(C(=CO)C(=O)[C@](C)(N)C(C)C)c2ccccc2)[nH]c2ccc(F)cc12. The van der Waals surface area contributed by atoms with Gasteiger partial charge in [0.2, 0.25) is 0 Å². The lowest BCUT2D eigenvalue weighted by Gasteiger charge is -2.31. The van der Waals surface area contributed by atoms with Crippen molar-refractivity contribution < 1.29 is 14.3 Å². The van der Waals surface area contributed by atoms with Gasteiger partial charge in [0.05, 0.1) is 17.7 Å². The molecule has 0 aliphatic heterocycles. The number of Topliss-reactive ketones (excluding diaryl/α,β-unsaturated/α-hetero) is 1. The molecule has 1 unspecified atom stereocenters. The number of nitrogens with two attached hydrogens (primary N) is 1. The predicted molar refractivity (Wildman–Crippen MR) is 114 cm³/mol. The Balaban J connectivity index is 2.24. The quantitative estimate of drug-likeness (QED) is 0.400. The number of carbonyl (C=O) groups excluding carboxylic acids is 1. The van der Waals surface area contributed by atoms with Crippen LogP contribution in [0, 0.1) is 18.7 Å². The second-order valence-corrected chi connectivity index (χ2v) is 8.05. The number of aromatic amines is 1. The summed E-state index contributed by atoms with van der Waals surface area (Å²) in [5.41, 5.74) is 8.55. The van der Waals surface area contributed by atoms with Crippen LogP contribution in [-0.2, 0) is 4.79 Å². The molecule has 0 saturated heterocycles. The topological polar surface area (TPSA) is 79.1 Å². The van der Waals surface area contributed by atoms with Crippen molar-refractivity contribution in [2.45, 2.75) is 39.2 Å². The molecule has 0 fully saturated rings.